The third kappa shape index (κ3) is 4.51. The molecule has 0 aliphatic carbocycles. The van der Waals surface area contributed by atoms with Crippen molar-refractivity contribution in [1.29, 1.82) is 0 Å². The molecule has 1 N–H and O–H groups in total. The molecule has 1 saturated heterocycles. The van der Waals surface area contributed by atoms with E-state index in [0.717, 1.165) is 17.3 Å². The van der Waals surface area contributed by atoms with Gasteiger partial charge in [-0.15, -0.1) is 0 Å². The SMILES string of the molecule is COc1ccc(NC(=O)[C@H]2CCCCN2S(=O)(=O)c2ccc(Br)cc2)cc1. The molecule has 0 unspecified atom stereocenters. The van der Waals surface area contributed by atoms with Gasteiger partial charge in [0.2, 0.25) is 15.9 Å². The van der Waals surface area contributed by atoms with Crippen LogP contribution in [-0.4, -0.2) is 38.3 Å². The maximum atomic E-state index is 13.1. The molecular formula is C19H21BrN2O4S. The Morgan fingerprint density at radius 1 is 1.11 bits per heavy atom. The van der Waals surface area contributed by atoms with Gasteiger partial charge in [0.05, 0.1) is 12.0 Å². The normalized spacial score (nSPS) is 18.1. The summed E-state index contributed by atoms with van der Waals surface area (Å²) in [6.45, 7) is 0.332. The summed E-state index contributed by atoms with van der Waals surface area (Å²) in [7, 11) is -2.17. The Morgan fingerprint density at radius 3 is 2.41 bits per heavy atom. The number of rotatable bonds is 5. The Morgan fingerprint density at radius 2 is 1.78 bits per heavy atom. The summed E-state index contributed by atoms with van der Waals surface area (Å²) >= 11 is 3.31. The fraction of sp³-hybridized carbons (Fsp3) is 0.316. The third-order valence-electron chi connectivity index (χ3n) is 4.53. The lowest BCUT2D eigenvalue weighted by Crippen LogP contribution is -2.49. The molecule has 2 aromatic carbocycles. The lowest BCUT2D eigenvalue weighted by Gasteiger charge is -2.33. The van der Waals surface area contributed by atoms with Crippen molar-refractivity contribution in [2.24, 2.45) is 0 Å². The fourth-order valence-electron chi connectivity index (χ4n) is 3.10. The molecule has 1 heterocycles. The Bertz CT molecular complexity index is 898. The van der Waals surface area contributed by atoms with Crippen molar-refractivity contribution in [1.82, 2.24) is 4.31 Å². The minimum absolute atomic E-state index is 0.190. The van der Waals surface area contributed by atoms with Gasteiger partial charge in [-0.25, -0.2) is 8.42 Å². The first kappa shape index (κ1) is 19.9. The molecule has 0 saturated carbocycles. The van der Waals surface area contributed by atoms with Crippen LogP contribution in [-0.2, 0) is 14.8 Å². The van der Waals surface area contributed by atoms with Crippen LogP contribution in [0.25, 0.3) is 0 Å². The predicted molar refractivity (Wildman–Crippen MR) is 107 cm³/mol. The number of ether oxygens (including phenoxy) is 1. The second-order valence-corrected chi connectivity index (χ2v) is 9.11. The van der Waals surface area contributed by atoms with Gasteiger partial charge in [-0.05, 0) is 61.4 Å². The summed E-state index contributed by atoms with van der Waals surface area (Å²) in [5, 5.41) is 2.82. The summed E-state index contributed by atoms with van der Waals surface area (Å²) in [5.41, 5.74) is 0.604. The molecule has 2 aromatic rings. The van der Waals surface area contributed by atoms with E-state index in [1.807, 2.05) is 0 Å². The number of benzene rings is 2. The summed E-state index contributed by atoms with van der Waals surface area (Å²) < 4.78 is 33.4. The van der Waals surface area contributed by atoms with Crippen molar-refractivity contribution in [3.63, 3.8) is 0 Å². The molecule has 3 rings (SSSR count). The van der Waals surface area contributed by atoms with E-state index in [0.29, 0.717) is 24.4 Å². The molecule has 1 aliphatic heterocycles. The van der Waals surface area contributed by atoms with E-state index in [2.05, 4.69) is 21.2 Å². The van der Waals surface area contributed by atoms with E-state index in [1.165, 1.54) is 4.31 Å². The average molecular weight is 453 g/mol. The first-order valence-corrected chi connectivity index (χ1v) is 10.9. The maximum absolute atomic E-state index is 13.1. The average Bonchev–Trinajstić information content (AvgIpc) is 2.69. The number of nitrogens with zero attached hydrogens (tertiary/aromatic N) is 1. The van der Waals surface area contributed by atoms with Crippen LogP contribution in [0, 0.1) is 0 Å². The topological polar surface area (TPSA) is 75.7 Å². The van der Waals surface area contributed by atoms with Crippen LogP contribution in [0.5, 0.6) is 5.75 Å². The number of anilines is 1. The Hall–Kier alpha value is -1.90. The van der Waals surface area contributed by atoms with E-state index in [9.17, 15) is 13.2 Å². The number of hydrogen-bond donors (Lipinski definition) is 1. The number of methoxy groups -OCH3 is 1. The van der Waals surface area contributed by atoms with Crippen LogP contribution in [0.4, 0.5) is 5.69 Å². The lowest BCUT2D eigenvalue weighted by atomic mass is 10.0. The lowest BCUT2D eigenvalue weighted by molar-refractivity contribution is -0.120. The van der Waals surface area contributed by atoms with Crippen LogP contribution < -0.4 is 10.1 Å². The summed E-state index contributed by atoms with van der Waals surface area (Å²) in [6, 6.07) is 12.7. The third-order valence-corrected chi connectivity index (χ3v) is 6.99. The number of amides is 1. The fourth-order valence-corrected chi connectivity index (χ4v) is 5.02. The van der Waals surface area contributed by atoms with E-state index >= 15 is 0 Å². The number of hydrogen-bond acceptors (Lipinski definition) is 4. The van der Waals surface area contributed by atoms with Crippen molar-refractivity contribution >= 4 is 37.5 Å². The smallest absolute Gasteiger partial charge is 0.243 e. The Labute approximate surface area is 167 Å². The zero-order chi connectivity index (χ0) is 19.4. The minimum atomic E-state index is -3.74. The zero-order valence-electron chi connectivity index (χ0n) is 14.9. The summed E-state index contributed by atoms with van der Waals surface area (Å²) in [6.07, 6.45) is 2.05. The molecule has 144 valence electrons. The molecule has 0 aromatic heterocycles. The first-order chi connectivity index (χ1) is 12.9. The minimum Gasteiger partial charge on any atom is -0.497 e. The van der Waals surface area contributed by atoms with E-state index in [4.69, 9.17) is 4.74 Å². The number of piperidine rings is 1. The molecule has 1 amide bonds. The highest BCUT2D eigenvalue weighted by Crippen LogP contribution is 2.27. The van der Waals surface area contributed by atoms with Crippen LogP contribution in [0.1, 0.15) is 19.3 Å². The van der Waals surface area contributed by atoms with Crippen LogP contribution >= 0.6 is 15.9 Å². The highest BCUT2D eigenvalue weighted by Gasteiger charge is 2.37. The quantitative estimate of drug-likeness (QED) is 0.750. The standard InChI is InChI=1S/C19H21BrN2O4S/c1-26-16-9-7-15(8-10-16)21-19(23)18-4-2-3-13-22(18)27(24,25)17-11-5-14(20)6-12-17/h5-12,18H,2-4,13H2,1H3,(H,21,23)/t18-/m1/s1. The summed E-state index contributed by atoms with van der Waals surface area (Å²) in [5.74, 6) is 0.366. The van der Waals surface area contributed by atoms with Gasteiger partial charge >= 0.3 is 0 Å². The highest BCUT2D eigenvalue weighted by molar-refractivity contribution is 9.10. The van der Waals surface area contributed by atoms with Gasteiger partial charge in [-0.1, -0.05) is 22.4 Å². The largest absolute Gasteiger partial charge is 0.497 e. The molecule has 6 nitrogen and oxygen atoms in total. The van der Waals surface area contributed by atoms with E-state index in [1.54, 1.807) is 55.6 Å². The summed E-state index contributed by atoms with van der Waals surface area (Å²) in [4.78, 5) is 13.0. The van der Waals surface area contributed by atoms with Crippen molar-refractivity contribution in [3.05, 3.63) is 53.0 Å². The monoisotopic (exact) mass is 452 g/mol. The molecule has 1 atom stereocenters. The van der Waals surface area contributed by atoms with Crippen LogP contribution in [0.2, 0.25) is 0 Å². The first-order valence-electron chi connectivity index (χ1n) is 8.64. The van der Waals surface area contributed by atoms with Crippen molar-refractivity contribution in [3.8, 4) is 5.75 Å². The van der Waals surface area contributed by atoms with Gasteiger partial charge in [0, 0.05) is 16.7 Å². The zero-order valence-corrected chi connectivity index (χ0v) is 17.3. The number of carbonyl (C=O) groups is 1. The van der Waals surface area contributed by atoms with E-state index < -0.39 is 16.1 Å². The van der Waals surface area contributed by atoms with Gasteiger partial charge in [0.1, 0.15) is 11.8 Å². The van der Waals surface area contributed by atoms with Gasteiger partial charge in [-0.2, -0.15) is 4.31 Å². The van der Waals surface area contributed by atoms with Gasteiger partial charge < -0.3 is 10.1 Å². The molecule has 27 heavy (non-hydrogen) atoms. The second kappa shape index (κ2) is 8.41. The maximum Gasteiger partial charge on any atom is 0.243 e. The molecule has 1 aliphatic rings. The second-order valence-electron chi connectivity index (χ2n) is 6.30. The van der Waals surface area contributed by atoms with Crippen LogP contribution in [0.15, 0.2) is 57.9 Å². The van der Waals surface area contributed by atoms with Gasteiger partial charge in [-0.3, -0.25) is 4.79 Å². The van der Waals surface area contributed by atoms with Crippen molar-refractivity contribution in [2.45, 2.75) is 30.2 Å². The van der Waals surface area contributed by atoms with Gasteiger partial charge in [0.25, 0.3) is 0 Å². The number of nitrogens with one attached hydrogen (secondary N) is 1. The van der Waals surface area contributed by atoms with Gasteiger partial charge in [0.15, 0.2) is 0 Å². The van der Waals surface area contributed by atoms with Crippen molar-refractivity contribution in [2.75, 3.05) is 19.0 Å². The molecule has 1 fully saturated rings. The molecule has 0 spiro atoms. The van der Waals surface area contributed by atoms with Crippen LogP contribution in [0.3, 0.4) is 0 Å². The number of carbonyl (C=O) groups excluding carboxylic acids is 1. The molecule has 8 heteroatoms. The molecular weight excluding hydrogens is 432 g/mol. The van der Waals surface area contributed by atoms with Crippen molar-refractivity contribution < 1.29 is 17.9 Å². The Balaban J connectivity index is 1.81. The Kier molecular flexibility index (Phi) is 6.18. The molecule has 0 bridgehead atoms. The highest BCUT2D eigenvalue weighted by atomic mass is 79.9. The predicted octanol–water partition coefficient (Wildman–Crippen LogP) is 3.64. The van der Waals surface area contributed by atoms with E-state index in [-0.39, 0.29) is 10.8 Å². The molecule has 0 radical (unpaired) electrons. The number of halogens is 1. The number of sulfonamides is 1.